The van der Waals surface area contributed by atoms with E-state index >= 15 is 0 Å². The maximum absolute atomic E-state index is 2.35. The fourth-order valence-electron chi connectivity index (χ4n) is 1.83. The molecule has 12 heavy (non-hydrogen) atoms. The first-order valence-electron chi connectivity index (χ1n) is 4.57. The van der Waals surface area contributed by atoms with Crippen molar-refractivity contribution in [1.82, 2.24) is 0 Å². The molecule has 0 aromatic carbocycles. The number of hydrogen-bond acceptors (Lipinski definition) is 0. The van der Waals surface area contributed by atoms with Crippen LogP contribution in [0, 0.1) is 11.3 Å². The highest BCUT2D eigenvalue weighted by Gasteiger charge is 2.47. The van der Waals surface area contributed by atoms with Crippen LogP contribution in [0.25, 0.3) is 0 Å². The standard InChI is InChI=1S/C11H16N/c1-9-8-11(9)6-4-10(5-7-11)12(2)3/h4-7,9H,8H2,1-3H3/q+1. The van der Waals surface area contributed by atoms with Crippen LogP contribution in [-0.2, 0) is 0 Å². The van der Waals surface area contributed by atoms with Crippen molar-refractivity contribution in [3.05, 3.63) is 24.3 Å². The van der Waals surface area contributed by atoms with Crippen LogP contribution in [0.1, 0.15) is 13.3 Å². The van der Waals surface area contributed by atoms with Crippen molar-refractivity contribution in [2.75, 3.05) is 14.1 Å². The summed E-state index contributed by atoms with van der Waals surface area (Å²) in [6.07, 6.45) is 10.5. The first-order valence-corrected chi connectivity index (χ1v) is 4.57. The summed E-state index contributed by atoms with van der Waals surface area (Å²) in [6, 6.07) is 0. The smallest absolute Gasteiger partial charge is 0.198 e. The molecule has 2 aliphatic rings. The van der Waals surface area contributed by atoms with Gasteiger partial charge in [-0.15, -0.1) is 0 Å². The van der Waals surface area contributed by atoms with E-state index in [1.807, 2.05) is 0 Å². The van der Waals surface area contributed by atoms with Gasteiger partial charge >= 0.3 is 0 Å². The van der Waals surface area contributed by atoms with Crippen molar-refractivity contribution in [3.63, 3.8) is 0 Å². The van der Waals surface area contributed by atoms with Crippen LogP contribution in [0.15, 0.2) is 24.3 Å². The van der Waals surface area contributed by atoms with Gasteiger partial charge in [0.25, 0.3) is 0 Å². The summed E-state index contributed by atoms with van der Waals surface area (Å²) in [5.74, 6) is 0.855. The predicted octanol–water partition coefficient (Wildman–Crippen LogP) is 1.85. The molecular formula is C11H16N+. The van der Waals surface area contributed by atoms with Crippen LogP contribution in [0.3, 0.4) is 0 Å². The molecule has 1 atom stereocenters. The van der Waals surface area contributed by atoms with Gasteiger partial charge in [0.1, 0.15) is 14.1 Å². The summed E-state index contributed by atoms with van der Waals surface area (Å²) in [6.45, 7) is 2.31. The molecule has 0 heterocycles. The molecule has 0 bridgehead atoms. The average molecular weight is 162 g/mol. The van der Waals surface area contributed by atoms with E-state index in [4.69, 9.17) is 0 Å². The molecule has 0 aromatic heterocycles. The summed E-state index contributed by atoms with van der Waals surface area (Å²) in [5, 5.41) is 0. The Morgan fingerprint density at radius 1 is 1.33 bits per heavy atom. The van der Waals surface area contributed by atoms with Crippen molar-refractivity contribution in [1.29, 1.82) is 0 Å². The summed E-state index contributed by atoms with van der Waals surface area (Å²) in [5.41, 5.74) is 1.75. The van der Waals surface area contributed by atoms with Gasteiger partial charge in [-0.1, -0.05) is 19.1 Å². The molecular weight excluding hydrogens is 146 g/mol. The normalized spacial score (nSPS) is 37.6. The Hall–Kier alpha value is -0.850. The maximum Gasteiger partial charge on any atom is 0.198 e. The Bertz CT molecular complexity index is 274. The minimum absolute atomic E-state index is 0.444. The van der Waals surface area contributed by atoms with Crippen LogP contribution in [0.2, 0.25) is 0 Å². The second kappa shape index (κ2) is 2.32. The summed E-state index contributed by atoms with van der Waals surface area (Å²) in [7, 11) is 4.16. The maximum atomic E-state index is 2.35. The van der Waals surface area contributed by atoms with Gasteiger partial charge < -0.3 is 0 Å². The third-order valence-corrected chi connectivity index (χ3v) is 3.06. The molecule has 1 fully saturated rings. The minimum atomic E-state index is 0.444. The number of rotatable bonds is 0. The summed E-state index contributed by atoms with van der Waals surface area (Å²) < 4.78 is 2.15. The molecule has 0 saturated heterocycles. The molecule has 1 nitrogen and oxygen atoms in total. The monoisotopic (exact) mass is 162 g/mol. The minimum Gasteiger partial charge on any atom is -0.235 e. The van der Waals surface area contributed by atoms with Crippen LogP contribution >= 0.6 is 0 Å². The van der Waals surface area contributed by atoms with Crippen molar-refractivity contribution in [2.45, 2.75) is 13.3 Å². The van der Waals surface area contributed by atoms with Crippen LogP contribution in [0.5, 0.6) is 0 Å². The van der Waals surface area contributed by atoms with E-state index in [0.717, 1.165) is 5.92 Å². The molecule has 1 saturated carbocycles. The Morgan fingerprint density at radius 2 is 1.83 bits per heavy atom. The Labute approximate surface area is 74.1 Å². The molecule has 1 heteroatoms. The van der Waals surface area contributed by atoms with Crippen LogP contribution < -0.4 is 0 Å². The topological polar surface area (TPSA) is 3.01 Å². The lowest BCUT2D eigenvalue weighted by molar-refractivity contribution is -0.462. The van der Waals surface area contributed by atoms with Gasteiger partial charge in [-0.25, -0.2) is 4.58 Å². The zero-order chi connectivity index (χ0) is 8.77. The first-order chi connectivity index (χ1) is 5.64. The largest absolute Gasteiger partial charge is 0.235 e. The molecule has 0 aliphatic heterocycles. The highest BCUT2D eigenvalue weighted by molar-refractivity contribution is 6.01. The zero-order valence-corrected chi connectivity index (χ0v) is 8.04. The van der Waals surface area contributed by atoms with E-state index in [1.54, 1.807) is 0 Å². The second-order valence-electron chi connectivity index (χ2n) is 4.20. The van der Waals surface area contributed by atoms with Gasteiger partial charge in [0.15, 0.2) is 5.71 Å². The number of hydrogen-bond donors (Lipinski definition) is 0. The average Bonchev–Trinajstić information content (AvgIpc) is 2.62. The second-order valence-corrected chi connectivity index (χ2v) is 4.20. The third-order valence-electron chi connectivity index (χ3n) is 3.06. The van der Waals surface area contributed by atoms with E-state index in [2.05, 4.69) is 49.9 Å². The van der Waals surface area contributed by atoms with Gasteiger partial charge in [-0.2, -0.15) is 0 Å². The van der Waals surface area contributed by atoms with Crippen molar-refractivity contribution < 1.29 is 4.58 Å². The van der Waals surface area contributed by atoms with E-state index < -0.39 is 0 Å². The lowest BCUT2D eigenvalue weighted by atomic mass is 9.97. The quantitative estimate of drug-likeness (QED) is 0.478. The van der Waals surface area contributed by atoms with Gasteiger partial charge in [0.05, 0.1) is 0 Å². The van der Waals surface area contributed by atoms with Gasteiger partial charge in [0.2, 0.25) is 0 Å². The predicted molar refractivity (Wildman–Crippen MR) is 51.6 cm³/mol. The molecule has 0 aromatic rings. The summed E-state index contributed by atoms with van der Waals surface area (Å²) >= 11 is 0. The SMILES string of the molecule is CC1CC12C=CC(=[N+](C)C)C=C2. The Balaban J connectivity index is 2.23. The Kier molecular flexibility index (Phi) is 1.50. The molecule has 0 radical (unpaired) electrons. The fourth-order valence-corrected chi connectivity index (χ4v) is 1.83. The van der Waals surface area contributed by atoms with Crippen molar-refractivity contribution >= 4 is 5.71 Å². The molecule has 1 spiro atoms. The van der Waals surface area contributed by atoms with Gasteiger partial charge in [-0.3, -0.25) is 0 Å². The highest BCUT2D eigenvalue weighted by atomic mass is 14.9. The molecule has 0 amide bonds. The van der Waals surface area contributed by atoms with Crippen molar-refractivity contribution in [3.8, 4) is 0 Å². The molecule has 2 rings (SSSR count). The zero-order valence-electron chi connectivity index (χ0n) is 8.04. The van der Waals surface area contributed by atoms with E-state index in [0.29, 0.717) is 5.41 Å². The number of allylic oxidation sites excluding steroid dienone is 4. The number of nitrogens with zero attached hydrogens (tertiary/aromatic N) is 1. The molecule has 2 aliphatic carbocycles. The third kappa shape index (κ3) is 1.04. The molecule has 0 N–H and O–H groups in total. The first kappa shape index (κ1) is 7.78. The molecule has 1 unspecified atom stereocenters. The van der Waals surface area contributed by atoms with Gasteiger partial charge in [-0.05, 0) is 12.3 Å². The fraction of sp³-hybridized carbons (Fsp3) is 0.545. The Morgan fingerprint density at radius 3 is 2.17 bits per heavy atom. The lowest BCUT2D eigenvalue weighted by Crippen LogP contribution is -2.12. The summed E-state index contributed by atoms with van der Waals surface area (Å²) in [4.78, 5) is 0. The van der Waals surface area contributed by atoms with Crippen LogP contribution in [0.4, 0.5) is 0 Å². The van der Waals surface area contributed by atoms with E-state index in [1.165, 1.54) is 12.1 Å². The molecule has 64 valence electrons. The highest BCUT2D eigenvalue weighted by Crippen LogP contribution is 2.55. The van der Waals surface area contributed by atoms with E-state index in [9.17, 15) is 0 Å². The van der Waals surface area contributed by atoms with E-state index in [-0.39, 0.29) is 0 Å². The van der Waals surface area contributed by atoms with Crippen molar-refractivity contribution in [2.24, 2.45) is 11.3 Å². The van der Waals surface area contributed by atoms with Crippen LogP contribution in [-0.4, -0.2) is 24.4 Å². The lowest BCUT2D eigenvalue weighted by Gasteiger charge is -2.08. The van der Waals surface area contributed by atoms with Gasteiger partial charge in [0, 0.05) is 17.6 Å².